The maximum Gasteiger partial charge on any atom is 0.151 e. The maximum absolute atomic E-state index is 13.3. The zero-order valence-electron chi connectivity index (χ0n) is 8.92. The summed E-state index contributed by atoms with van der Waals surface area (Å²) in [6.07, 6.45) is 0.854. The third-order valence-electron chi connectivity index (χ3n) is 2.42. The SMILES string of the molecule is CN(C)CCc1[nH]nc2c(F)cccc12. The lowest BCUT2D eigenvalue weighted by Crippen LogP contribution is -2.15. The van der Waals surface area contributed by atoms with E-state index in [0.29, 0.717) is 5.52 Å². The number of aromatic amines is 1. The van der Waals surface area contributed by atoms with E-state index >= 15 is 0 Å². The lowest BCUT2D eigenvalue weighted by atomic mass is 10.1. The molecule has 0 amide bonds. The van der Waals surface area contributed by atoms with Gasteiger partial charge in [-0.25, -0.2) is 4.39 Å². The molecule has 0 aliphatic heterocycles. The molecule has 80 valence electrons. The first-order valence-electron chi connectivity index (χ1n) is 4.94. The van der Waals surface area contributed by atoms with Gasteiger partial charge in [-0.05, 0) is 20.2 Å². The molecule has 2 aromatic rings. The van der Waals surface area contributed by atoms with Gasteiger partial charge in [-0.15, -0.1) is 0 Å². The van der Waals surface area contributed by atoms with Crippen molar-refractivity contribution in [3.63, 3.8) is 0 Å². The monoisotopic (exact) mass is 207 g/mol. The van der Waals surface area contributed by atoms with Gasteiger partial charge in [-0.1, -0.05) is 12.1 Å². The summed E-state index contributed by atoms with van der Waals surface area (Å²) < 4.78 is 13.3. The van der Waals surface area contributed by atoms with Crippen LogP contribution in [-0.2, 0) is 6.42 Å². The highest BCUT2D eigenvalue weighted by molar-refractivity contribution is 5.81. The summed E-state index contributed by atoms with van der Waals surface area (Å²) in [6.45, 7) is 0.924. The van der Waals surface area contributed by atoms with E-state index in [1.165, 1.54) is 6.07 Å². The van der Waals surface area contributed by atoms with Crippen LogP contribution in [-0.4, -0.2) is 35.7 Å². The van der Waals surface area contributed by atoms with Crippen LogP contribution in [0.15, 0.2) is 18.2 Å². The lowest BCUT2D eigenvalue weighted by Gasteiger charge is -2.07. The molecule has 0 aliphatic rings. The molecule has 1 heterocycles. The summed E-state index contributed by atoms with van der Waals surface area (Å²) >= 11 is 0. The lowest BCUT2D eigenvalue weighted by molar-refractivity contribution is 0.412. The first kappa shape index (κ1) is 10.1. The van der Waals surface area contributed by atoms with E-state index in [9.17, 15) is 4.39 Å². The Bertz CT molecular complexity index is 462. The van der Waals surface area contributed by atoms with E-state index in [2.05, 4.69) is 15.1 Å². The Morgan fingerprint density at radius 2 is 2.20 bits per heavy atom. The number of H-pyrrole nitrogens is 1. The van der Waals surface area contributed by atoms with E-state index in [-0.39, 0.29) is 5.82 Å². The van der Waals surface area contributed by atoms with E-state index < -0.39 is 0 Å². The second-order valence-electron chi connectivity index (χ2n) is 3.89. The standard InChI is InChI=1S/C11H14FN3/c1-15(2)7-6-10-8-4-3-5-9(12)11(8)14-13-10/h3-5H,6-7H2,1-2H3,(H,13,14). The van der Waals surface area contributed by atoms with Crippen molar-refractivity contribution in [2.75, 3.05) is 20.6 Å². The molecular formula is C11H14FN3. The molecule has 4 heteroatoms. The van der Waals surface area contributed by atoms with Crippen molar-refractivity contribution in [1.29, 1.82) is 0 Å². The van der Waals surface area contributed by atoms with Gasteiger partial charge in [0.2, 0.25) is 0 Å². The van der Waals surface area contributed by atoms with Crippen LogP contribution in [0, 0.1) is 5.82 Å². The highest BCUT2D eigenvalue weighted by Crippen LogP contribution is 2.18. The van der Waals surface area contributed by atoms with E-state index in [0.717, 1.165) is 24.0 Å². The van der Waals surface area contributed by atoms with Gasteiger partial charge in [-0.2, -0.15) is 5.10 Å². The summed E-state index contributed by atoms with van der Waals surface area (Å²) in [6, 6.07) is 5.04. The normalized spacial score (nSPS) is 11.5. The molecule has 1 aromatic heterocycles. The van der Waals surface area contributed by atoms with Crippen molar-refractivity contribution in [3.05, 3.63) is 29.7 Å². The summed E-state index contributed by atoms with van der Waals surface area (Å²) in [4.78, 5) is 2.09. The fraction of sp³-hybridized carbons (Fsp3) is 0.364. The van der Waals surface area contributed by atoms with Crippen molar-refractivity contribution >= 4 is 10.9 Å². The van der Waals surface area contributed by atoms with Crippen molar-refractivity contribution in [2.45, 2.75) is 6.42 Å². The van der Waals surface area contributed by atoms with Gasteiger partial charge in [0.25, 0.3) is 0 Å². The van der Waals surface area contributed by atoms with Crippen molar-refractivity contribution in [2.24, 2.45) is 0 Å². The zero-order valence-corrected chi connectivity index (χ0v) is 8.92. The second kappa shape index (κ2) is 3.98. The molecule has 0 aliphatic carbocycles. The number of nitrogens with zero attached hydrogens (tertiary/aromatic N) is 2. The molecule has 2 rings (SSSR count). The maximum atomic E-state index is 13.3. The molecule has 0 saturated heterocycles. The summed E-state index contributed by atoms with van der Waals surface area (Å²) in [5.74, 6) is -0.264. The van der Waals surface area contributed by atoms with Crippen LogP contribution in [0.2, 0.25) is 0 Å². The molecular weight excluding hydrogens is 193 g/mol. The van der Waals surface area contributed by atoms with Crippen molar-refractivity contribution in [1.82, 2.24) is 15.1 Å². The summed E-state index contributed by atoms with van der Waals surface area (Å²) in [7, 11) is 4.03. The van der Waals surface area contributed by atoms with E-state index in [4.69, 9.17) is 0 Å². The van der Waals surface area contributed by atoms with Crippen LogP contribution in [0.5, 0.6) is 0 Å². The first-order chi connectivity index (χ1) is 7.18. The Morgan fingerprint density at radius 1 is 1.40 bits per heavy atom. The fourth-order valence-corrected chi connectivity index (χ4v) is 1.58. The minimum atomic E-state index is -0.264. The number of halogens is 1. The minimum Gasteiger partial charge on any atom is -0.309 e. The quantitative estimate of drug-likeness (QED) is 0.832. The number of nitrogens with one attached hydrogen (secondary N) is 1. The average Bonchev–Trinajstić information content (AvgIpc) is 2.59. The van der Waals surface area contributed by atoms with Gasteiger partial charge in [0.1, 0.15) is 5.52 Å². The average molecular weight is 207 g/mol. The van der Waals surface area contributed by atoms with Gasteiger partial charge in [-0.3, -0.25) is 5.10 Å². The number of rotatable bonds is 3. The number of hydrogen-bond donors (Lipinski definition) is 1. The molecule has 0 bridgehead atoms. The molecule has 0 radical (unpaired) electrons. The number of aromatic nitrogens is 2. The Kier molecular flexibility index (Phi) is 2.68. The van der Waals surface area contributed by atoms with E-state index in [1.54, 1.807) is 6.07 Å². The number of likely N-dealkylation sites (N-methyl/N-ethyl adjacent to an activating group) is 1. The van der Waals surface area contributed by atoms with Gasteiger partial charge in [0.05, 0.1) is 0 Å². The molecule has 1 aromatic carbocycles. The fourth-order valence-electron chi connectivity index (χ4n) is 1.58. The summed E-state index contributed by atoms with van der Waals surface area (Å²) in [5.41, 5.74) is 1.43. The molecule has 1 N–H and O–H groups in total. The number of hydrogen-bond acceptors (Lipinski definition) is 2. The van der Waals surface area contributed by atoms with Gasteiger partial charge >= 0.3 is 0 Å². The topological polar surface area (TPSA) is 31.9 Å². The Labute approximate surface area is 87.9 Å². The molecule has 0 fully saturated rings. The smallest absolute Gasteiger partial charge is 0.151 e. The number of benzene rings is 1. The first-order valence-corrected chi connectivity index (χ1v) is 4.94. The van der Waals surface area contributed by atoms with Gasteiger partial charge in [0.15, 0.2) is 5.82 Å². The Morgan fingerprint density at radius 3 is 2.93 bits per heavy atom. The Balaban J connectivity index is 2.33. The third kappa shape index (κ3) is 1.99. The predicted molar refractivity (Wildman–Crippen MR) is 58.3 cm³/mol. The third-order valence-corrected chi connectivity index (χ3v) is 2.42. The zero-order chi connectivity index (χ0) is 10.8. The van der Waals surface area contributed by atoms with Gasteiger partial charge < -0.3 is 4.90 Å². The Hall–Kier alpha value is -1.42. The number of para-hydroxylation sites is 1. The van der Waals surface area contributed by atoms with Crippen LogP contribution >= 0.6 is 0 Å². The summed E-state index contributed by atoms with van der Waals surface area (Å²) in [5, 5.41) is 7.76. The molecule has 15 heavy (non-hydrogen) atoms. The van der Waals surface area contributed by atoms with Crippen LogP contribution in [0.1, 0.15) is 5.69 Å². The number of fused-ring (bicyclic) bond motifs is 1. The van der Waals surface area contributed by atoms with Crippen LogP contribution in [0.3, 0.4) is 0 Å². The van der Waals surface area contributed by atoms with E-state index in [1.807, 2.05) is 20.2 Å². The minimum absolute atomic E-state index is 0.264. The molecule has 0 unspecified atom stereocenters. The largest absolute Gasteiger partial charge is 0.309 e. The molecule has 0 spiro atoms. The second-order valence-corrected chi connectivity index (χ2v) is 3.89. The van der Waals surface area contributed by atoms with Crippen LogP contribution in [0.4, 0.5) is 4.39 Å². The highest BCUT2D eigenvalue weighted by atomic mass is 19.1. The molecule has 3 nitrogen and oxygen atoms in total. The molecule has 0 atom stereocenters. The van der Waals surface area contributed by atoms with Crippen LogP contribution in [0.25, 0.3) is 10.9 Å². The predicted octanol–water partition coefficient (Wildman–Crippen LogP) is 1.81. The van der Waals surface area contributed by atoms with Crippen molar-refractivity contribution in [3.8, 4) is 0 Å². The molecule has 0 saturated carbocycles. The van der Waals surface area contributed by atoms with Crippen molar-refractivity contribution < 1.29 is 4.39 Å². The van der Waals surface area contributed by atoms with Crippen LogP contribution < -0.4 is 0 Å². The van der Waals surface area contributed by atoms with Gasteiger partial charge in [0, 0.05) is 24.0 Å². The highest BCUT2D eigenvalue weighted by Gasteiger charge is 2.08.